The monoisotopic (exact) mass is 278 g/mol. The minimum atomic E-state index is 0.195. The molecule has 0 aliphatic rings. The van der Waals surface area contributed by atoms with Crippen LogP contribution in [0.4, 0.5) is 0 Å². The highest BCUT2D eigenvalue weighted by Crippen LogP contribution is 2.26. The molecule has 1 unspecified atom stereocenters. The number of nitrogens with zero attached hydrogens (tertiary/aromatic N) is 1. The van der Waals surface area contributed by atoms with Crippen molar-refractivity contribution in [1.82, 2.24) is 10.3 Å². The molecule has 0 fully saturated rings. The highest BCUT2D eigenvalue weighted by Gasteiger charge is 2.17. The van der Waals surface area contributed by atoms with Crippen LogP contribution in [0.1, 0.15) is 30.5 Å². The molecule has 1 N–H and O–H groups in total. The van der Waals surface area contributed by atoms with E-state index < -0.39 is 0 Å². The molecule has 4 heteroatoms. The van der Waals surface area contributed by atoms with Crippen molar-refractivity contribution in [3.05, 3.63) is 46.4 Å². The van der Waals surface area contributed by atoms with Crippen molar-refractivity contribution < 1.29 is 0 Å². The van der Waals surface area contributed by atoms with Gasteiger partial charge in [0.05, 0.1) is 6.04 Å². The SMILES string of the molecule is CSc1ccc(C(NC(C)C)c2nccs2)cc1. The first-order chi connectivity index (χ1) is 8.70. The maximum absolute atomic E-state index is 4.44. The van der Waals surface area contributed by atoms with Gasteiger partial charge in [-0.05, 0) is 37.8 Å². The molecule has 0 aliphatic heterocycles. The van der Waals surface area contributed by atoms with Crippen LogP contribution < -0.4 is 5.32 Å². The summed E-state index contributed by atoms with van der Waals surface area (Å²) in [4.78, 5) is 5.73. The third-order valence-electron chi connectivity index (χ3n) is 2.65. The van der Waals surface area contributed by atoms with Crippen molar-refractivity contribution in [3.8, 4) is 0 Å². The molecule has 0 saturated heterocycles. The second kappa shape index (κ2) is 6.36. The van der Waals surface area contributed by atoms with Gasteiger partial charge in [0.25, 0.3) is 0 Å². The van der Waals surface area contributed by atoms with Crippen LogP contribution in [0, 0.1) is 0 Å². The summed E-state index contributed by atoms with van der Waals surface area (Å²) in [5.41, 5.74) is 1.27. The topological polar surface area (TPSA) is 24.9 Å². The van der Waals surface area contributed by atoms with Crippen molar-refractivity contribution >= 4 is 23.1 Å². The molecule has 0 amide bonds. The van der Waals surface area contributed by atoms with E-state index in [1.165, 1.54) is 10.5 Å². The van der Waals surface area contributed by atoms with Gasteiger partial charge < -0.3 is 5.32 Å². The minimum absolute atomic E-state index is 0.195. The lowest BCUT2D eigenvalue weighted by molar-refractivity contribution is 0.527. The molecule has 0 radical (unpaired) electrons. The smallest absolute Gasteiger partial charge is 0.114 e. The Morgan fingerprint density at radius 2 is 1.94 bits per heavy atom. The summed E-state index contributed by atoms with van der Waals surface area (Å²) in [6, 6.07) is 9.34. The summed E-state index contributed by atoms with van der Waals surface area (Å²) in [7, 11) is 0. The van der Waals surface area contributed by atoms with E-state index in [2.05, 4.69) is 54.7 Å². The Balaban J connectivity index is 2.27. The molecular weight excluding hydrogens is 260 g/mol. The standard InChI is InChI=1S/C14H18N2S2/c1-10(2)16-13(14-15-8-9-18-14)11-4-6-12(17-3)7-5-11/h4-10,13,16H,1-3H3. The molecule has 0 aliphatic carbocycles. The lowest BCUT2D eigenvalue weighted by atomic mass is 10.1. The molecule has 18 heavy (non-hydrogen) atoms. The molecule has 96 valence electrons. The number of thioether (sulfide) groups is 1. The first-order valence-corrected chi connectivity index (χ1v) is 8.10. The van der Waals surface area contributed by atoms with Gasteiger partial charge in [0.2, 0.25) is 0 Å². The third kappa shape index (κ3) is 3.34. The van der Waals surface area contributed by atoms with E-state index in [0.717, 1.165) is 5.01 Å². The second-order valence-electron chi connectivity index (χ2n) is 4.40. The number of thiazole rings is 1. The van der Waals surface area contributed by atoms with Gasteiger partial charge in [-0.1, -0.05) is 12.1 Å². The molecule has 1 aromatic heterocycles. The Hall–Kier alpha value is -0.840. The summed E-state index contributed by atoms with van der Waals surface area (Å²) >= 11 is 3.47. The number of hydrogen-bond donors (Lipinski definition) is 1. The number of nitrogens with one attached hydrogen (secondary N) is 1. The van der Waals surface area contributed by atoms with E-state index in [1.54, 1.807) is 23.1 Å². The predicted molar refractivity (Wildman–Crippen MR) is 80.5 cm³/mol. The molecule has 1 heterocycles. The van der Waals surface area contributed by atoms with E-state index in [4.69, 9.17) is 0 Å². The van der Waals surface area contributed by atoms with Gasteiger partial charge in [-0.3, -0.25) is 0 Å². The fourth-order valence-electron chi connectivity index (χ4n) is 1.82. The van der Waals surface area contributed by atoms with Gasteiger partial charge in [-0.25, -0.2) is 4.98 Å². The average Bonchev–Trinajstić information content (AvgIpc) is 2.89. The summed E-state index contributed by atoms with van der Waals surface area (Å²) in [6.07, 6.45) is 3.96. The van der Waals surface area contributed by atoms with E-state index in [9.17, 15) is 0 Å². The van der Waals surface area contributed by atoms with Crippen molar-refractivity contribution in [2.24, 2.45) is 0 Å². The van der Waals surface area contributed by atoms with E-state index in [-0.39, 0.29) is 6.04 Å². The summed E-state index contributed by atoms with van der Waals surface area (Å²) in [5.74, 6) is 0. The zero-order valence-corrected chi connectivity index (χ0v) is 12.5. The zero-order chi connectivity index (χ0) is 13.0. The minimum Gasteiger partial charge on any atom is -0.302 e. The fourth-order valence-corrected chi connectivity index (χ4v) is 2.95. The quantitative estimate of drug-likeness (QED) is 0.838. The molecule has 1 atom stereocenters. The molecule has 2 nitrogen and oxygen atoms in total. The average molecular weight is 278 g/mol. The van der Waals surface area contributed by atoms with Gasteiger partial charge >= 0.3 is 0 Å². The van der Waals surface area contributed by atoms with Crippen LogP contribution in [0.15, 0.2) is 40.7 Å². The summed E-state index contributed by atoms with van der Waals surface area (Å²) in [6.45, 7) is 4.33. The van der Waals surface area contributed by atoms with Gasteiger partial charge in [-0.2, -0.15) is 0 Å². The highest BCUT2D eigenvalue weighted by molar-refractivity contribution is 7.98. The first kappa shape index (κ1) is 13.6. The highest BCUT2D eigenvalue weighted by atomic mass is 32.2. The maximum atomic E-state index is 4.44. The fraction of sp³-hybridized carbons (Fsp3) is 0.357. The summed E-state index contributed by atoms with van der Waals surface area (Å²) in [5, 5.41) is 6.73. The Labute approximate surface area is 117 Å². The summed E-state index contributed by atoms with van der Waals surface area (Å²) < 4.78 is 0. The van der Waals surface area contributed by atoms with Crippen LogP contribution >= 0.6 is 23.1 Å². The van der Waals surface area contributed by atoms with E-state index >= 15 is 0 Å². The maximum Gasteiger partial charge on any atom is 0.114 e. The van der Waals surface area contributed by atoms with Crippen LogP contribution in [-0.4, -0.2) is 17.3 Å². The number of hydrogen-bond acceptors (Lipinski definition) is 4. The van der Waals surface area contributed by atoms with Gasteiger partial charge in [0.15, 0.2) is 0 Å². The van der Waals surface area contributed by atoms with Crippen molar-refractivity contribution in [2.75, 3.05) is 6.26 Å². The van der Waals surface area contributed by atoms with Crippen LogP contribution in [0.3, 0.4) is 0 Å². The number of benzene rings is 1. The molecule has 0 saturated carbocycles. The molecule has 2 aromatic rings. The van der Waals surface area contributed by atoms with Crippen molar-refractivity contribution in [1.29, 1.82) is 0 Å². The molecule has 0 spiro atoms. The predicted octanol–water partition coefficient (Wildman–Crippen LogP) is 3.95. The van der Waals surface area contributed by atoms with E-state index in [0.29, 0.717) is 6.04 Å². The largest absolute Gasteiger partial charge is 0.302 e. The Morgan fingerprint density at radius 3 is 2.44 bits per heavy atom. The van der Waals surface area contributed by atoms with Crippen LogP contribution in [-0.2, 0) is 0 Å². The second-order valence-corrected chi connectivity index (χ2v) is 6.20. The lowest BCUT2D eigenvalue weighted by Gasteiger charge is -2.20. The number of rotatable bonds is 5. The van der Waals surface area contributed by atoms with E-state index in [1.807, 2.05) is 11.6 Å². The first-order valence-electron chi connectivity index (χ1n) is 6.00. The molecule has 2 rings (SSSR count). The normalized spacial score (nSPS) is 12.9. The van der Waals surface area contributed by atoms with Crippen LogP contribution in [0.2, 0.25) is 0 Å². The van der Waals surface area contributed by atoms with Crippen molar-refractivity contribution in [2.45, 2.75) is 30.8 Å². The van der Waals surface area contributed by atoms with Crippen molar-refractivity contribution in [3.63, 3.8) is 0 Å². The van der Waals surface area contributed by atoms with Gasteiger partial charge in [0, 0.05) is 22.5 Å². The molecular formula is C14H18N2S2. The Bertz CT molecular complexity index is 463. The molecule has 0 bridgehead atoms. The van der Waals surface area contributed by atoms with Gasteiger partial charge in [-0.15, -0.1) is 23.1 Å². The lowest BCUT2D eigenvalue weighted by Crippen LogP contribution is -2.28. The zero-order valence-electron chi connectivity index (χ0n) is 10.9. The molecule has 1 aromatic carbocycles. The number of aromatic nitrogens is 1. The Morgan fingerprint density at radius 1 is 1.22 bits per heavy atom. The van der Waals surface area contributed by atoms with Crippen LogP contribution in [0.25, 0.3) is 0 Å². The Kier molecular flexibility index (Phi) is 4.80. The van der Waals surface area contributed by atoms with Crippen LogP contribution in [0.5, 0.6) is 0 Å². The third-order valence-corrected chi connectivity index (χ3v) is 4.23. The van der Waals surface area contributed by atoms with Gasteiger partial charge in [0.1, 0.15) is 5.01 Å².